The predicted molar refractivity (Wildman–Crippen MR) is 82.7 cm³/mol. The molecule has 0 spiro atoms. The monoisotopic (exact) mass is 310 g/mol. The Kier molecular flexibility index (Phi) is 4.39. The molecule has 0 bridgehead atoms. The summed E-state index contributed by atoms with van der Waals surface area (Å²) in [5.41, 5.74) is 3.23. The third kappa shape index (κ3) is 3.63. The lowest BCUT2D eigenvalue weighted by Gasteiger charge is -2.31. The zero-order valence-corrected chi connectivity index (χ0v) is 13.7. The minimum atomic E-state index is -3.13. The summed E-state index contributed by atoms with van der Waals surface area (Å²) in [7, 11) is -3.13. The van der Waals surface area contributed by atoms with Gasteiger partial charge in [0.1, 0.15) is 16.0 Å². The van der Waals surface area contributed by atoms with Crippen LogP contribution in [0, 0.1) is 13.8 Å². The average Bonchev–Trinajstić information content (AvgIpc) is 2.72. The summed E-state index contributed by atoms with van der Waals surface area (Å²) in [4.78, 5) is 13.8. The highest BCUT2D eigenvalue weighted by atomic mass is 32.2. The minimum absolute atomic E-state index is 0.0260. The fourth-order valence-electron chi connectivity index (χ4n) is 2.85. The van der Waals surface area contributed by atoms with E-state index in [4.69, 9.17) is 0 Å². The van der Waals surface area contributed by atoms with Crippen molar-refractivity contribution in [3.63, 3.8) is 0 Å². The summed E-state index contributed by atoms with van der Waals surface area (Å²) in [5.74, 6) is -0.0843. The number of hydrogen-bond acceptors (Lipinski definition) is 4. The minimum Gasteiger partial charge on any atom is -0.318 e. The number of amides is 1. The van der Waals surface area contributed by atoms with Crippen LogP contribution in [0.3, 0.4) is 0 Å². The van der Waals surface area contributed by atoms with Crippen LogP contribution in [0.15, 0.2) is 18.2 Å². The third-order valence-corrected chi connectivity index (χ3v) is 4.85. The second-order valence-corrected chi connectivity index (χ2v) is 8.07. The lowest BCUT2D eigenvalue weighted by Crippen LogP contribution is -2.41. The lowest BCUT2D eigenvalue weighted by molar-refractivity contribution is -0.129. The number of carbonyl (C=O) groups is 1. The highest BCUT2D eigenvalue weighted by Gasteiger charge is 2.36. The second kappa shape index (κ2) is 5.77. The molecule has 0 aromatic heterocycles. The molecule has 1 heterocycles. The molecule has 116 valence electrons. The Balaban J connectivity index is 2.34. The van der Waals surface area contributed by atoms with Crippen molar-refractivity contribution in [2.75, 3.05) is 18.6 Å². The van der Waals surface area contributed by atoms with E-state index in [1.807, 2.05) is 32.0 Å². The first-order chi connectivity index (χ1) is 9.69. The van der Waals surface area contributed by atoms with Crippen LogP contribution >= 0.6 is 0 Å². The standard InChI is InChI=1S/C15H22N2O3S/c1-10-5-6-11(2)13(7-10)15-16-8-14(18)17(15)12(3)9-21(4,19)20/h5-7,12,15-16H,8-9H2,1-4H3. The van der Waals surface area contributed by atoms with Crippen molar-refractivity contribution >= 4 is 15.7 Å². The van der Waals surface area contributed by atoms with Crippen molar-refractivity contribution in [1.82, 2.24) is 10.2 Å². The Morgan fingerprint density at radius 3 is 2.67 bits per heavy atom. The van der Waals surface area contributed by atoms with Crippen molar-refractivity contribution in [3.8, 4) is 0 Å². The summed E-state index contributed by atoms with van der Waals surface area (Å²) in [6, 6.07) is 5.74. The smallest absolute Gasteiger partial charge is 0.238 e. The number of sulfone groups is 1. The van der Waals surface area contributed by atoms with E-state index in [9.17, 15) is 13.2 Å². The molecular formula is C15H22N2O3S. The van der Waals surface area contributed by atoms with Crippen molar-refractivity contribution in [3.05, 3.63) is 34.9 Å². The fourth-order valence-corrected chi connectivity index (χ4v) is 3.89. The normalized spacial score (nSPS) is 20.9. The molecule has 0 saturated carbocycles. The van der Waals surface area contributed by atoms with E-state index in [0.29, 0.717) is 0 Å². The van der Waals surface area contributed by atoms with E-state index in [0.717, 1.165) is 16.7 Å². The van der Waals surface area contributed by atoms with Gasteiger partial charge in [-0.1, -0.05) is 23.8 Å². The molecule has 1 N–H and O–H groups in total. The van der Waals surface area contributed by atoms with Crippen molar-refractivity contribution in [1.29, 1.82) is 0 Å². The zero-order chi connectivity index (χ0) is 15.8. The molecule has 2 atom stereocenters. The summed E-state index contributed by atoms with van der Waals surface area (Å²) >= 11 is 0. The predicted octanol–water partition coefficient (Wildman–Crippen LogP) is 1.17. The van der Waals surface area contributed by atoms with E-state index in [2.05, 4.69) is 5.32 Å². The van der Waals surface area contributed by atoms with Crippen molar-refractivity contribution in [2.24, 2.45) is 0 Å². The number of benzene rings is 1. The number of hydrogen-bond donors (Lipinski definition) is 1. The van der Waals surface area contributed by atoms with Crippen LogP contribution in [-0.4, -0.2) is 43.8 Å². The Labute approximate surface area is 126 Å². The summed E-state index contributed by atoms with van der Waals surface area (Å²) < 4.78 is 23.0. The first-order valence-corrected chi connectivity index (χ1v) is 9.04. The van der Waals surface area contributed by atoms with Crippen LogP contribution in [-0.2, 0) is 14.6 Å². The van der Waals surface area contributed by atoms with Crippen molar-refractivity contribution in [2.45, 2.75) is 33.0 Å². The Hall–Kier alpha value is -1.40. The highest BCUT2D eigenvalue weighted by molar-refractivity contribution is 7.90. The van der Waals surface area contributed by atoms with Crippen LogP contribution < -0.4 is 5.32 Å². The first kappa shape index (κ1) is 16.0. The molecular weight excluding hydrogens is 288 g/mol. The van der Waals surface area contributed by atoms with Crippen LogP contribution in [0.1, 0.15) is 29.8 Å². The molecule has 0 radical (unpaired) electrons. The quantitative estimate of drug-likeness (QED) is 0.906. The average molecular weight is 310 g/mol. The third-order valence-electron chi connectivity index (χ3n) is 3.76. The maximum Gasteiger partial charge on any atom is 0.238 e. The molecule has 5 nitrogen and oxygen atoms in total. The molecule has 21 heavy (non-hydrogen) atoms. The van der Waals surface area contributed by atoms with Gasteiger partial charge in [-0.2, -0.15) is 0 Å². The molecule has 1 aliphatic heterocycles. The molecule has 2 unspecified atom stereocenters. The van der Waals surface area contributed by atoms with E-state index < -0.39 is 9.84 Å². The molecule has 1 aliphatic rings. The maximum atomic E-state index is 12.2. The van der Waals surface area contributed by atoms with Gasteiger partial charge < -0.3 is 4.90 Å². The number of nitrogens with one attached hydrogen (secondary N) is 1. The molecule has 1 fully saturated rings. The molecule has 6 heteroatoms. The largest absolute Gasteiger partial charge is 0.318 e. The number of nitrogens with zero attached hydrogens (tertiary/aromatic N) is 1. The van der Waals surface area contributed by atoms with Crippen LogP contribution in [0.25, 0.3) is 0 Å². The first-order valence-electron chi connectivity index (χ1n) is 6.98. The Bertz CT molecular complexity index is 655. The molecule has 2 rings (SSSR count). The summed E-state index contributed by atoms with van der Waals surface area (Å²) in [6.07, 6.45) is 0.943. The van der Waals surface area contributed by atoms with Gasteiger partial charge in [0.2, 0.25) is 5.91 Å². The fraction of sp³-hybridized carbons (Fsp3) is 0.533. The number of rotatable bonds is 4. The molecule has 1 saturated heterocycles. The van der Waals surface area contributed by atoms with E-state index in [1.165, 1.54) is 6.26 Å². The van der Waals surface area contributed by atoms with Gasteiger partial charge in [0.05, 0.1) is 12.3 Å². The molecule has 0 aliphatic carbocycles. The number of carbonyl (C=O) groups excluding carboxylic acids is 1. The van der Waals surface area contributed by atoms with Gasteiger partial charge >= 0.3 is 0 Å². The van der Waals surface area contributed by atoms with Gasteiger partial charge in [0.15, 0.2) is 0 Å². The van der Waals surface area contributed by atoms with Gasteiger partial charge in [-0.3, -0.25) is 10.1 Å². The highest BCUT2D eigenvalue weighted by Crippen LogP contribution is 2.28. The topological polar surface area (TPSA) is 66.5 Å². The Morgan fingerprint density at radius 2 is 2.05 bits per heavy atom. The van der Waals surface area contributed by atoms with Crippen LogP contribution in [0.2, 0.25) is 0 Å². The van der Waals surface area contributed by atoms with Gasteiger partial charge in [0.25, 0.3) is 0 Å². The van der Waals surface area contributed by atoms with Gasteiger partial charge in [-0.05, 0) is 31.9 Å². The van der Waals surface area contributed by atoms with Gasteiger partial charge in [-0.15, -0.1) is 0 Å². The SMILES string of the molecule is Cc1ccc(C)c(C2NCC(=O)N2C(C)CS(C)(=O)=O)c1. The molecule has 1 aromatic rings. The van der Waals surface area contributed by atoms with Gasteiger partial charge in [-0.25, -0.2) is 8.42 Å². The second-order valence-electron chi connectivity index (χ2n) is 5.89. The van der Waals surface area contributed by atoms with E-state index in [-0.39, 0.29) is 30.4 Å². The van der Waals surface area contributed by atoms with E-state index in [1.54, 1.807) is 11.8 Å². The summed E-state index contributed by atoms with van der Waals surface area (Å²) in [6.45, 7) is 6.03. The zero-order valence-electron chi connectivity index (χ0n) is 12.9. The van der Waals surface area contributed by atoms with Gasteiger partial charge in [0, 0.05) is 12.3 Å². The number of aryl methyl sites for hydroxylation is 2. The Morgan fingerprint density at radius 1 is 1.38 bits per heavy atom. The van der Waals surface area contributed by atoms with E-state index >= 15 is 0 Å². The molecule has 1 aromatic carbocycles. The van der Waals surface area contributed by atoms with Crippen LogP contribution in [0.4, 0.5) is 0 Å². The molecule has 1 amide bonds. The lowest BCUT2D eigenvalue weighted by atomic mass is 10.0. The van der Waals surface area contributed by atoms with Crippen LogP contribution in [0.5, 0.6) is 0 Å². The maximum absolute atomic E-state index is 12.2. The summed E-state index contributed by atoms with van der Waals surface area (Å²) in [5, 5.41) is 3.19. The van der Waals surface area contributed by atoms with Crippen molar-refractivity contribution < 1.29 is 13.2 Å².